The molecule has 1 amide bonds. The minimum Gasteiger partial charge on any atom is -0.439 e. The molecule has 3 rings (SSSR count). The molecule has 0 spiro atoms. The van der Waals surface area contributed by atoms with Gasteiger partial charge in [0.2, 0.25) is 11.8 Å². The summed E-state index contributed by atoms with van der Waals surface area (Å²) in [6.45, 7) is 0. The average Bonchev–Trinajstić information content (AvgIpc) is 2.73. The Bertz CT molecular complexity index is 1070. The lowest BCUT2D eigenvalue weighted by Gasteiger charge is -2.14. The van der Waals surface area contributed by atoms with Crippen LogP contribution >= 0.6 is 0 Å². The number of benzene rings is 2. The van der Waals surface area contributed by atoms with Crippen molar-refractivity contribution < 1.29 is 14.3 Å². The first-order valence-electron chi connectivity index (χ1n) is 8.58. The summed E-state index contributed by atoms with van der Waals surface area (Å²) < 4.78 is 11.5. The van der Waals surface area contributed by atoms with Crippen LogP contribution in [0, 0.1) is 22.7 Å². The van der Waals surface area contributed by atoms with E-state index < -0.39 is 0 Å². The number of carbonyl (C=O) groups is 1. The highest BCUT2D eigenvalue weighted by atomic mass is 16.5. The van der Waals surface area contributed by atoms with E-state index in [4.69, 9.17) is 20.0 Å². The Kier molecular flexibility index (Phi) is 5.72. The molecule has 0 saturated carbocycles. The number of amides is 1. The van der Waals surface area contributed by atoms with Crippen molar-refractivity contribution in [2.24, 2.45) is 0 Å². The molecule has 0 aliphatic rings. The van der Waals surface area contributed by atoms with Crippen molar-refractivity contribution in [1.82, 2.24) is 9.88 Å². The fourth-order valence-corrected chi connectivity index (χ4v) is 2.47. The molecule has 0 unspecified atom stereocenters. The predicted molar refractivity (Wildman–Crippen MR) is 105 cm³/mol. The van der Waals surface area contributed by atoms with Crippen LogP contribution in [0.2, 0.25) is 0 Å². The van der Waals surface area contributed by atoms with Gasteiger partial charge in [0, 0.05) is 26.2 Å². The summed E-state index contributed by atoms with van der Waals surface area (Å²) in [6, 6.07) is 20.3. The fourth-order valence-electron chi connectivity index (χ4n) is 2.47. The van der Waals surface area contributed by atoms with Crippen LogP contribution in [0.15, 0.2) is 60.7 Å². The summed E-state index contributed by atoms with van der Waals surface area (Å²) >= 11 is 0. The molecule has 3 aromatic rings. The zero-order valence-electron chi connectivity index (χ0n) is 15.8. The van der Waals surface area contributed by atoms with Gasteiger partial charge in [-0.1, -0.05) is 12.1 Å². The zero-order valence-corrected chi connectivity index (χ0v) is 15.8. The van der Waals surface area contributed by atoms with Crippen LogP contribution in [0.3, 0.4) is 0 Å². The van der Waals surface area contributed by atoms with Crippen LogP contribution in [0.1, 0.15) is 21.5 Å². The maximum absolute atomic E-state index is 12.5. The first kappa shape index (κ1) is 19.4. The lowest BCUT2D eigenvalue weighted by molar-refractivity contribution is 0.0826. The molecule has 1 aromatic heterocycles. The highest BCUT2D eigenvalue weighted by molar-refractivity contribution is 5.94. The number of hydrogen-bond donors (Lipinski definition) is 0. The second kappa shape index (κ2) is 8.55. The number of carbonyl (C=O) groups excluding carboxylic acids is 1. The minimum absolute atomic E-state index is 0.138. The van der Waals surface area contributed by atoms with E-state index in [0.29, 0.717) is 28.2 Å². The summed E-state index contributed by atoms with van der Waals surface area (Å²) in [6.07, 6.45) is 0. The van der Waals surface area contributed by atoms with E-state index in [1.807, 2.05) is 12.1 Å². The van der Waals surface area contributed by atoms with Crippen LogP contribution in [0.5, 0.6) is 23.3 Å². The summed E-state index contributed by atoms with van der Waals surface area (Å²) in [5.41, 5.74) is 1.20. The number of pyridine rings is 1. The Balaban J connectivity index is 1.98. The van der Waals surface area contributed by atoms with Crippen molar-refractivity contribution in [2.75, 3.05) is 14.1 Å². The summed E-state index contributed by atoms with van der Waals surface area (Å²) in [5, 5.41) is 18.1. The third kappa shape index (κ3) is 4.88. The van der Waals surface area contributed by atoms with Gasteiger partial charge >= 0.3 is 0 Å². The molecule has 7 nitrogen and oxygen atoms in total. The standard InChI is InChI=1S/C22H16N4O3/c1-26(2)22(27)17-11-20(28-18-7-3-5-15(9-18)13-23)25-21(12-17)29-19-8-4-6-16(10-19)14-24/h3-12H,1-2H3. The van der Waals surface area contributed by atoms with Gasteiger partial charge in [0.25, 0.3) is 5.91 Å². The lowest BCUT2D eigenvalue weighted by atomic mass is 10.2. The number of rotatable bonds is 5. The van der Waals surface area contributed by atoms with Crippen molar-refractivity contribution in [3.8, 4) is 35.4 Å². The molecule has 29 heavy (non-hydrogen) atoms. The molecule has 0 fully saturated rings. The van der Waals surface area contributed by atoms with E-state index in [2.05, 4.69) is 4.98 Å². The third-order valence-corrected chi connectivity index (χ3v) is 3.80. The van der Waals surface area contributed by atoms with Gasteiger partial charge < -0.3 is 14.4 Å². The molecule has 1 heterocycles. The van der Waals surface area contributed by atoms with Crippen LogP contribution in [-0.2, 0) is 0 Å². The Morgan fingerprint density at radius 1 is 0.862 bits per heavy atom. The average molecular weight is 384 g/mol. The van der Waals surface area contributed by atoms with E-state index in [9.17, 15) is 4.79 Å². The van der Waals surface area contributed by atoms with Crippen molar-refractivity contribution >= 4 is 5.91 Å². The van der Waals surface area contributed by atoms with Crippen LogP contribution in [0.25, 0.3) is 0 Å². The Morgan fingerprint density at radius 2 is 1.34 bits per heavy atom. The number of ether oxygens (including phenoxy) is 2. The van der Waals surface area contributed by atoms with Gasteiger partial charge in [0.1, 0.15) is 11.5 Å². The first-order valence-corrected chi connectivity index (χ1v) is 8.58. The fraction of sp³-hybridized carbons (Fsp3) is 0.0909. The largest absolute Gasteiger partial charge is 0.439 e. The summed E-state index contributed by atoms with van der Waals surface area (Å²) in [4.78, 5) is 18.2. The molecule has 0 aliphatic heterocycles. The van der Waals surface area contributed by atoms with Gasteiger partial charge in [-0.05, 0) is 36.4 Å². The van der Waals surface area contributed by atoms with Crippen molar-refractivity contribution in [3.63, 3.8) is 0 Å². The Labute approximate surface area is 168 Å². The number of hydrogen-bond acceptors (Lipinski definition) is 6. The smallest absolute Gasteiger partial charge is 0.253 e. The summed E-state index contributed by atoms with van der Waals surface area (Å²) in [5.74, 6) is 0.837. The van der Waals surface area contributed by atoms with Gasteiger partial charge in [0.15, 0.2) is 0 Å². The van der Waals surface area contributed by atoms with Crippen molar-refractivity contribution in [1.29, 1.82) is 10.5 Å². The van der Waals surface area contributed by atoms with Crippen LogP contribution < -0.4 is 9.47 Å². The number of nitriles is 2. The Morgan fingerprint density at radius 3 is 1.76 bits per heavy atom. The van der Waals surface area contributed by atoms with Gasteiger partial charge in [-0.3, -0.25) is 4.79 Å². The van der Waals surface area contributed by atoms with Gasteiger partial charge in [-0.2, -0.15) is 15.5 Å². The second-order valence-corrected chi connectivity index (χ2v) is 6.22. The molecule has 7 heteroatoms. The maximum Gasteiger partial charge on any atom is 0.253 e. The van der Waals surface area contributed by atoms with Gasteiger partial charge in [-0.25, -0.2) is 0 Å². The quantitative estimate of drug-likeness (QED) is 0.656. The van der Waals surface area contributed by atoms with E-state index >= 15 is 0 Å². The topological polar surface area (TPSA) is 99.2 Å². The minimum atomic E-state index is -0.251. The third-order valence-electron chi connectivity index (χ3n) is 3.80. The molecule has 0 aliphatic carbocycles. The van der Waals surface area contributed by atoms with Crippen LogP contribution in [0.4, 0.5) is 0 Å². The maximum atomic E-state index is 12.5. The molecular weight excluding hydrogens is 368 g/mol. The van der Waals surface area contributed by atoms with Crippen molar-refractivity contribution in [2.45, 2.75) is 0 Å². The second-order valence-electron chi connectivity index (χ2n) is 6.22. The van der Waals surface area contributed by atoms with Crippen LogP contribution in [-0.4, -0.2) is 29.9 Å². The lowest BCUT2D eigenvalue weighted by Crippen LogP contribution is -2.21. The van der Waals surface area contributed by atoms with Gasteiger partial charge in [0.05, 0.1) is 28.8 Å². The van der Waals surface area contributed by atoms with Crippen molar-refractivity contribution in [3.05, 3.63) is 77.4 Å². The van der Waals surface area contributed by atoms with E-state index in [0.717, 1.165) is 0 Å². The molecule has 0 radical (unpaired) electrons. The molecule has 0 saturated heterocycles. The molecule has 0 atom stereocenters. The monoisotopic (exact) mass is 384 g/mol. The molecule has 2 aromatic carbocycles. The highest BCUT2D eigenvalue weighted by Crippen LogP contribution is 2.28. The first-order chi connectivity index (χ1) is 14.0. The predicted octanol–water partition coefficient (Wildman–Crippen LogP) is 4.11. The van der Waals surface area contributed by atoms with Gasteiger partial charge in [-0.15, -0.1) is 0 Å². The normalized spacial score (nSPS) is 9.79. The Hall–Kier alpha value is -4.36. The molecule has 0 N–H and O–H groups in total. The van der Waals surface area contributed by atoms with E-state index in [1.54, 1.807) is 62.6 Å². The van der Waals surface area contributed by atoms with E-state index in [1.165, 1.54) is 17.0 Å². The highest BCUT2D eigenvalue weighted by Gasteiger charge is 2.15. The zero-order chi connectivity index (χ0) is 20.8. The summed E-state index contributed by atoms with van der Waals surface area (Å²) in [7, 11) is 3.27. The number of aromatic nitrogens is 1. The van der Waals surface area contributed by atoms with E-state index in [-0.39, 0.29) is 17.7 Å². The molecular formula is C22H16N4O3. The SMILES string of the molecule is CN(C)C(=O)c1cc(Oc2cccc(C#N)c2)nc(Oc2cccc(C#N)c2)c1. The molecule has 142 valence electrons. The number of nitrogens with zero attached hydrogens (tertiary/aromatic N) is 4. The molecule has 0 bridgehead atoms.